The molecule has 0 heterocycles. The van der Waals surface area contributed by atoms with E-state index in [4.69, 9.17) is 5.73 Å². The van der Waals surface area contributed by atoms with Crippen LogP contribution in [-0.2, 0) is 0 Å². The molecule has 4 N–H and O–H groups in total. The number of nitrogens with two attached hydrogens (primary N) is 1. The van der Waals surface area contributed by atoms with Crippen molar-refractivity contribution in [2.45, 2.75) is 6.42 Å². The predicted octanol–water partition coefficient (Wildman–Crippen LogP) is 2.09. The summed E-state index contributed by atoms with van der Waals surface area (Å²) >= 11 is 0. The van der Waals surface area contributed by atoms with Gasteiger partial charge in [0.05, 0.1) is 0 Å². The summed E-state index contributed by atoms with van der Waals surface area (Å²) in [6.07, 6.45) is 0.620. The summed E-state index contributed by atoms with van der Waals surface area (Å²) < 4.78 is 0. The predicted molar refractivity (Wildman–Crippen MR) is 81.6 cm³/mol. The van der Waals surface area contributed by atoms with Crippen molar-refractivity contribution >= 4 is 11.6 Å². The zero-order chi connectivity index (χ0) is 15.2. The molecule has 0 fully saturated rings. The molecule has 0 aliphatic heterocycles. The second kappa shape index (κ2) is 6.76. The van der Waals surface area contributed by atoms with Crippen LogP contribution in [0, 0.1) is 0 Å². The zero-order valence-electron chi connectivity index (χ0n) is 11.6. The number of carbonyl (C=O) groups is 1. The standard InChI is InChI=1S/C16H18N2O3/c17-10-5-11-18(12-6-2-1-3-7-12)16(21)15-13(19)8-4-9-14(15)20/h1-4,6-9,19-20H,5,10-11,17H2. The highest BCUT2D eigenvalue weighted by molar-refractivity contribution is 6.09. The van der Waals surface area contributed by atoms with E-state index in [0.29, 0.717) is 25.2 Å². The Labute approximate surface area is 123 Å². The molecule has 21 heavy (non-hydrogen) atoms. The minimum atomic E-state index is -0.453. The Balaban J connectivity index is 2.39. The van der Waals surface area contributed by atoms with E-state index in [2.05, 4.69) is 0 Å². The molecule has 5 heteroatoms. The first kappa shape index (κ1) is 14.9. The summed E-state index contributed by atoms with van der Waals surface area (Å²) in [6.45, 7) is 0.858. The van der Waals surface area contributed by atoms with E-state index in [9.17, 15) is 15.0 Å². The average Bonchev–Trinajstić information content (AvgIpc) is 2.48. The van der Waals surface area contributed by atoms with Gasteiger partial charge in [0.2, 0.25) is 0 Å². The van der Waals surface area contributed by atoms with Crippen molar-refractivity contribution in [2.24, 2.45) is 5.73 Å². The van der Waals surface area contributed by atoms with Gasteiger partial charge in [-0.1, -0.05) is 24.3 Å². The summed E-state index contributed by atoms with van der Waals surface area (Å²) in [5.74, 6) is -0.937. The number of carbonyl (C=O) groups excluding carboxylic acids is 1. The molecule has 0 atom stereocenters. The third-order valence-corrected chi connectivity index (χ3v) is 3.13. The monoisotopic (exact) mass is 286 g/mol. The largest absolute Gasteiger partial charge is 0.507 e. The second-order valence-corrected chi connectivity index (χ2v) is 4.61. The first-order chi connectivity index (χ1) is 10.1. The Morgan fingerprint density at radius 3 is 2.19 bits per heavy atom. The molecular formula is C16H18N2O3. The Hall–Kier alpha value is -2.53. The number of hydrogen-bond acceptors (Lipinski definition) is 4. The van der Waals surface area contributed by atoms with Crippen LogP contribution in [0.1, 0.15) is 16.8 Å². The minimum absolute atomic E-state index is 0.0987. The summed E-state index contributed by atoms with van der Waals surface area (Å²) in [5, 5.41) is 19.7. The van der Waals surface area contributed by atoms with Gasteiger partial charge in [-0.05, 0) is 37.2 Å². The van der Waals surface area contributed by atoms with Crippen LogP contribution < -0.4 is 10.6 Å². The molecule has 0 aromatic heterocycles. The minimum Gasteiger partial charge on any atom is -0.507 e. The molecule has 0 aliphatic rings. The van der Waals surface area contributed by atoms with Crippen LogP contribution in [0.15, 0.2) is 48.5 Å². The summed E-state index contributed by atoms with van der Waals surface area (Å²) in [4.78, 5) is 14.2. The van der Waals surface area contributed by atoms with E-state index in [1.165, 1.54) is 23.1 Å². The fourth-order valence-electron chi connectivity index (χ4n) is 2.09. The molecule has 0 saturated carbocycles. The summed E-state index contributed by atoms with van der Waals surface area (Å²) in [5.41, 5.74) is 6.11. The average molecular weight is 286 g/mol. The molecule has 0 aliphatic carbocycles. The van der Waals surface area contributed by atoms with Gasteiger partial charge in [-0.2, -0.15) is 0 Å². The number of nitrogens with zero attached hydrogens (tertiary/aromatic N) is 1. The van der Waals surface area contributed by atoms with Crippen molar-refractivity contribution in [3.63, 3.8) is 0 Å². The highest BCUT2D eigenvalue weighted by Gasteiger charge is 2.23. The SMILES string of the molecule is NCCCN(C(=O)c1c(O)cccc1O)c1ccccc1. The maximum Gasteiger partial charge on any atom is 0.265 e. The van der Waals surface area contributed by atoms with Gasteiger partial charge in [0.15, 0.2) is 0 Å². The van der Waals surface area contributed by atoms with Crippen molar-refractivity contribution in [1.29, 1.82) is 0 Å². The van der Waals surface area contributed by atoms with Crippen molar-refractivity contribution in [3.8, 4) is 11.5 Å². The lowest BCUT2D eigenvalue weighted by Crippen LogP contribution is -2.33. The lowest BCUT2D eigenvalue weighted by atomic mass is 10.1. The lowest BCUT2D eigenvalue weighted by Gasteiger charge is -2.23. The zero-order valence-corrected chi connectivity index (χ0v) is 11.6. The van der Waals surface area contributed by atoms with E-state index in [1.54, 1.807) is 12.1 Å². The van der Waals surface area contributed by atoms with Crippen molar-refractivity contribution in [1.82, 2.24) is 0 Å². The van der Waals surface area contributed by atoms with Crippen LogP contribution in [0.2, 0.25) is 0 Å². The summed E-state index contributed by atoms with van der Waals surface area (Å²) in [6, 6.07) is 13.3. The van der Waals surface area contributed by atoms with Gasteiger partial charge >= 0.3 is 0 Å². The van der Waals surface area contributed by atoms with E-state index in [-0.39, 0.29) is 17.1 Å². The third kappa shape index (κ3) is 3.32. The molecule has 0 radical (unpaired) electrons. The fraction of sp³-hybridized carbons (Fsp3) is 0.188. The number of hydrogen-bond donors (Lipinski definition) is 3. The molecule has 0 spiro atoms. The Morgan fingerprint density at radius 2 is 1.62 bits per heavy atom. The highest BCUT2D eigenvalue weighted by Crippen LogP contribution is 2.29. The van der Waals surface area contributed by atoms with E-state index in [0.717, 1.165) is 0 Å². The van der Waals surface area contributed by atoms with Gasteiger partial charge in [-0.15, -0.1) is 0 Å². The van der Waals surface area contributed by atoms with Crippen LogP contribution in [0.25, 0.3) is 0 Å². The molecule has 110 valence electrons. The van der Waals surface area contributed by atoms with E-state index in [1.807, 2.05) is 18.2 Å². The van der Waals surface area contributed by atoms with Crippen LogP contribution in [0.5, 0.6) is 11.5 Å². The number of phenols is 2. The van der Waals surface area contributed by atoms with E-state index >= 15 is 0 Å². The van der Waals surface area contributed by atoms with Crippen molar-refractivity contribution in [2.75, 3.05) is 18.0 Å². The molecule has 2 rings (SSSR count). The van der Waals surface area contributed by atoms with Crippen molar-refractivity contribution in [3.05, 3.63) is 54.1 Å². The second-order valence-electron chi connectivity index (χ2n) is 4.61. The molecule has 1 amide bonds. The Kier molecular flexibility index (Phi) is 4.79. The Morgan fingerprint density at radius 1 is 1.00 bits per heavy atom. The first-order valence-electron chi connectivity index (χ1n) is 6.73. The number of aromatic hydroxyl groups is 2. The van der Waals surface area contributed by atoms with Gasteiger partial charge in [-0.3, -0.25) is 4.79 Å². The molecule has 0 unspecified atom stereocenters. The van der Waals surface area contributed by atoms with Crippen molar-refractivity contribution < 1.29 is 15.0 Å². The van der Waals surface area contributed by atoms with Crippen LogP contribution in [0.3, 0.4) is 0 Å². The van der Waals surface area contributed by atoms with Gasteiger partial charge < -0.3 is 20.8 Å². The molecule has 0 saturated heterocycles. The number of anilines is 1. The molecule has 2 aromatic rings. The molecule has 0 bridgehead atoms. The van der Waals surface area contributed by atoms with Gasteiger partial charge in [0, 0.05) is 12.2 Å². The normalized spacial score (nSPS) is 10.3. The number of amides is 1. The number of benzene rings is 2. The Bertz CT molecular complexity index is 594. The number of para-hydroxylation sites is 1. The quantitative estimate of drug-likeness (QED) is 0.785. The molecular weight excluding hydrogens is 268 g/mol. The maximum atomic E-state index is 12.7. The maximum absolute atomic E-state index is 12.7. The van der Waals surface area contributed by atoms with E-state index < -0.39 is 5.91 Å². The summed E-state index contributed by atoms with van der Waals surface area (Å²) in [7, 11) is 0. The fourth-order valence-corrected chi connectivity index (χ4v) is 2.09. The lowest BCUT2D eigenvalue weighted by molar-refractivity contribution is 0.0981. The van der Waals surface area contributed by atoms with Crippen LogP contribution in [-0.4, -0.2) is 29.2 Å². The van der Waals surface area contributed by atoms with Gasteiger partial charge in [0.1, 0.15) is 17.1 Å². The topological polar surface area (TPSA) is 86.8 Å². The van der Waals surface area contributed by atoms with Gasteiger partial charge in [-0.25, -0.2) is 0 Å². The highest BCUT2D eigenvalue weighted by atomic mass is 16.3. The molecule has 2 aromatic carbocycles. The van der Waals surface area contributed by atoms with Gasteiger partial charge in [0.25, 0.3) is 5.91 Å². The molecule has 5 nitrogen and oxygen atoms in total. The van der Waals surface area contributed by atoms with Crippen LogP contribution in [0.4, 0.5) is 5.69 Å². The smallest absolute Gasteiger partial charge is 0.265 e. The number of phenolic OH excluding ortho intramolecular Hbond substituents is 2. The third-order valence-electron chi connectivity index (χ3n) is 3.13. The first-order valence-corrected chi connectivity index (χ1v) is 6.73. The number of rotatable bonds is 5. The van der Waals surface area contributed by atoms with Crippen LogP contribution >= 0.6 is 0 Å².